The third-order valence-electron chi connectivity index (χ3n) is 4.56. The number of rotatable bonds is 6. The van der Waals surface area contributed by atoms with E-state index in [1.807, 2.05) is 24.3 Å². The van der Waals surface area contributed by atoms with Gasteiger partial charge in [-0.15, -0.1) is 0 Å². The van der Waals surface area contributed by atoms with Gasteiger partial charge in [-0.25, -0.2) is 0 Å². The minimum absolute atomic E-state index is 0.0526. The molecular weight excluding hydrogens is 324 g/mol. The second kappa shape index (κ2) is 9.67. The van der Waals surface area contributed by atoms with Crippen LogP contribution in [-0.2, 0) is 16.0 Å². The average Bonchev–Trinajstić information content (AvgIpc) is 2.80. The summed E-state index contributed by atoms with van der Waals surface area (Å²) in [6.45, 7) is 2.16. The van der Waals surface area contributed by atoms with E-state index in [9.17, 15) is 9.59 Å². The van der Waals surface area contributed by atoms with E-state index in [-0.39, 0.29) is 24.4 Å². The van der Waals surface area contributed by atoms with Crippen molar-refractivity contribution in [3.05, 3.63) is 34.9 Å². The summed E-state index contributed by atoms with van der Waals surface area (Å²) in [5, 5.41) is 3.79. The van der Waals surface area contributed by atoms with Gasteiger partial charge in [-0.2, -0.15) is 0 Å². The van der Waals surface area contributed by atoms with Crippen molar-refractivity contribution < 1.29 is 9.59 Å². The summed E-state index contributed by atoms with van der Waals surface area (Å²) in [4.78, 5) is 25.7. The van der Waals surface area contributed by atoms with Crippen LogP contribution < -0.4 is 5.32 Å². The van der Waals surface area contributed by atoms with E-state index >= 15 is 0 Å². The van der Waals surface area contributed by atoms with E-state index in [1.165, 1.54) is 32.6 Å². The van der Waals surface area contributed by atoms with Crippen LogP contribution in [0.5, 0.6) is 0 Å². The Bertz CT molecular complexity index is 554. The van der Waals surface area contributed by atoms with Crippen LogP contribution in [0, 0.1) is 0 Å². The molecule has 0 atom stereocenters. The zero-order valence-electron chi connectivity index (χ0n) is 14.4. The lowest BCUT2D eigenvalue weighted by atomic mass is 10.1. The van der Waals surface area contributed by atoms with Crippen LogP contribution in [0.4, 0.5) is 0 Å². The minimum Gasteiger partial charge on any atom is -0.352 e. The topological polar surface area (TPSA) is 49.4 Å². The number of benzene rings is 1. The van der Waals surface area contributed by atoms with E-state index in [0.29, 0.717) is 18.0 Å². The van der Waals surface area contributed by atoms with Crippen LogP contribution in [0.25, 0.3) is 0 Å². The molecule has 1 saturated carbocycles. The standard InChI is InChI=1S/C19H27ClN2O2/c1-15(23)22(12-11-16-7-6-8-17(20)13-16)14-19(24)21-18-9-4-2-3-5-10-18/h6-8,13,18H,2-5,9-12,14H2,1H3,(H,21,24). The lowest BCUT2D eigenvalue weighted by Gasteiger charge is -2.23. The van der Waals surface area contributed by atoms with Crippen molar-refractivity contribution in [2.75, 3.05) is 13.1 Å². The van der Waals surface area contributed by atoms with Crippen molar-refractivity contribution >= 4 is 23.4 Å². The maximum Gasteiger partial charge on any atom is 0.239 e. The fourth-order valence-corrected chi connectivity index (χ4v) is 3.39. The summed E-state index contributed by atoms with van der Waals surface area (Å²) in [6, 6.07) is 7.87. The van der Waals surface area contributed by atoms with Gasteiger partial charge in [0, 0.05) is 24.5 Å². The molecule has 2 amide bonds. The fraction of sp³-hybridized carbons (Fsp3) is 0.579. The number of halogens is 1. The van der Waals surface area contributed by atoms with Gasteiger partial charge in [0.2, 0.25) is 11.8 Å². The highest BCUT2D eigenvalue weighted by Crippen LogP contribution is 2.17. The van der Waals surface area contributed by atoms with Crippen LogP contribution >= 0.6 is 11.6 Å². The molecule has 0 radical (unpaired) electrons. The smallest absolute Gasteiger partial charge is 0.239 e. The van der Waals surface area contributed by atoms with E-state index in [1.54, 1.807) is 4.90 Å². The van der Waals surface area contributed by atoms with Gasteiger partial charge in [0.15, 0.2) is 0 Å². The third-order valence-corrected chi connectivity index (χ3v) is 4.79. The molecule has 1 aromatic rings. The molecule has 1 fully saturated rings. The summed E-state index contributed by atoms with van der Waals surface area (Å²) in [6.07, 6.45) is 7.66. The maximum atomic E-state index is 12.3. The normalized spacial score (nSPS) is 15.6. The molecule has 0 unspecified atom stereocenters. The van der Waals surface area contributed by atoms with Gasteiger partial charge in [-0.05, 0) is 37.0 Å². The highest BCUT2D eigenvalue weighted by atomic mass is 35.5. The first-order valence-electron chi connectivity index (χ1n) is 8.84. The van der Waals surface area contributed by atoms with Crippen molar-refractivity contribution in [1.82, 2.24) is 10.2 Å². The van der Waals surface area contributed by atoms with Gasteiger partial charge in [0.1, 0.15) is 0 Å². The third kappa shape index (κ3) is 6.52. The zero-order chi connectivity index (χ0) is 17.4. The first-order valence-corrected chi connectivity index (χ1v) is 9.21. The summed E-state index contributed by atoms with van der Waals surface area (Å²) in [5.74, 6) is -0.128. The molecule has 132 valence electrons. The van der Waals surface area contributed by atoms with Crippen LogP contribution in [0.15, 0.2) is 24.3 Å². The first kappa shape index (κ1) is 18.8. The van der Waals surface area contributed by atoms with Gasteiger partial charge in [-0.1, -0.05) is 49.4 Å². The largest absolute Gasteiger partial charge is 0.352 e. The molecule has 0 saturated heterocycles. The Hall–Kier alpha value is -1.55. The summed E-state index contributed by atoms with van der Waals surface area (Å²) < 4.78 is 0. The zero-order valence-corrected chi connectivity index (χ0v) is 15.1. The Labute approximate surface area is 149 Å². The molecular formula is C19H27ClN2O2. The number of nitrogens with one attached hydrogen (secondary N) is 1. The van der Waals surface area contributed by atoms with E-state index in [2.05, 4.69) is 5.32 Å². The van der Waals surface area contributed by atoms with Gasteiger partial charge in [0.25, 0.3) is 0 Å². The molecule has 24 heavy (non-hydrogen) atoms. The Morgan fingerprint density at radius 3 is 2.54 bits per heavy atom. The SMILES string of the molecule is CC(=O)N(CCc1cccc(Cl)c1)CC(=O)NC1CCCCCC1. The van der Waals surface area contributed by atoms with Crippen molar-refractivity contribution in [3.63, 3.8) is 0 Å². The van der Waals surface area contributed by atoms with Crippen molar-refractivity contribution in [2.24, 2.45) is 0 Å². The minimum atomic E-state index is -0.0759. The second-order valence-corrected chi connectivity index (χ2v) is 7.01. The van der Waals surface area contributed by atoms with Gasteiger partial charge in [-0.3, -0.25) is 9.59 Å². The number of carbonyl (C=O) groups is 2. The Morgan fingerprint density at radius 2 is 1.92 bits per heavy atom. The predicted molar refractivity (Wildman–Crippen MR) is 97.0 cm³/mol. The number of amides is 2. The summed E-state index contributed by atoms with van der Waals surface area (Å²) >= 11 is 5.98. The van der Waals surface area contributed by atoms with Crippen molar-refractivity contribution in [3.8, 4) is 0 Å². The van der Waals surface area contributed by atoms with Crippen LogP contribution in [0.1, 0.15) is 51.0 Å². The molecule has 0 bridgehead atoms. The molecule has 0 spiro atoms. The van der Waals surface area contributed by atoms with Crippen LogP contribution in [0.2, 0.25) is 5.02 Å². The number of hydrogen-bond donors (Lipinski definition) is 1. The quantitative estimate of drug-likeness (QED) is 0.797. The lowest BCUT2D eigenvalue weighted by molar-refractivity contribution is -0.134. The predicted octanol–water partition coefficient (Wildman–Crippen LogP) is 3.57. The number of nitrogens with zero attached hydrogens (tertiary/aromatic N) is 1. The lowest BCUT2D eigenvalue weighted by Crippen LogP contribution is -2.44. The van der Waals surface area contributed by atoms with E-state index in [0.717, 1.165) is 18.4 Å². The monoisotopic (exact) mass is 350 g/mol. The fourth-order valence-electron chi connectivity index (χ4n) is 3.17. The number of hydrogen-bond acceptors (Lipinski definition) is 2. The summed E-state index contributed by atoms with van der Waals surface area (Å²) in [5.41, 5.74) is 1.07. The molecule has 1 aliphatic rings. The van der Waals surface area contributed by atoms with Gasteiger partial charge in [0.05, 0.1) is 6.54 Å². The first-order chi connectivity index (χ1) is 11.5. The summed E-state index contributed by atoms with van der Waals surface area (Å²) in [7, 11) is 0. The van der Waals surface area contributed by atoms with E-state index in [4.69, 9.17) is 11.6 Å². The average molecular weight is 351 g/mol. The molecule has 1 aromatic carbocycles. The molecule has 1 N–H and O–H groups in total. The Morgan fingerprint density at radius 1 is 1.21 bits per heavy atom. The second-order valence-electron chi connectivity index (χ2n) is 6.58. The molecule has 2 rings (SSSR count). The molecule has 5 heteroatoms. The highest BCUT2D eigenvalue weighted by molar-refractivity contribution is 6.30. The maximum absolute atomic E-state index is 12.3. The van der Waals surface area contributed by atoms with Gasteiger partial charge >= 0.3 is 0 Å². The molecule has 4 nitrogen and oxygen atoms in total. The van der Waals surface area contributed by atoms with Crippen LogP contribution in [-0.4, -0.2) is 35.8 Å². The molecule has 0 aromatic heterocycles. The Kier molecular flexibility index (Phi) is 7.57. The van der Waals surface area contributed by atoms with Crippen molar-refractivity contribution in [1.29, 1.82) is 0 Å². The van der Waals surface area contributed by atoms with Crippen molar-refractivity contribution in [2.45, 2.75) is 57.9 Å². The molecule has 1 aliphatic carbocycles. The number of carbonyl (C=O) groups excluding carboxylic acids is 2. The highest BCUT2D eigenvalue weighted by Gasteiger charge is 2.18. The molecule has 0 aliphatic heterocycles. The molecule has 0 heterocycles. The van der Waals surface area contributed by atoms with Gasteiger partial charge < -0.3 is 10.2 Å². The van der Waals surface area contributed by atoms with Crippen LogP contribution in [0.3, 0.4) is 0 Å². The Balaban J connectivity index is 1.83. The van der Waals surface area contributed by atoms with E-state index < -0.39 is 0 Å².